The summed E-state index contributed by atoms with van der Waals surface area (Å²) in [5.41, 5.74) is 7.54. The van der Waals surface area contributed by atoms with Crippen molar-refractivity contribution in [2.75, 3.05) is 18.5 Å². The van der Waals surface area contributed by atoms with Crippen molar-refractivity contribution in [2.45, 2.75) is 26.3 Å². The molecule has 0 fully saturated rings. The highest BCUT2D eigenvalue weighted by Gasteiger charge is 2.10. The van der Waals surface area contributed by atoms with Gasteiger partial charge in [0.15, 0.2) is 0 Å². The maximum absolute atomic E-state index is 8.82. The Morgan fingerprint density at radius 1 is 1.44 bits per heavy atom. The molecule has 0 aliphatic rings. The van der Waals surface area contributed by atoms with Crippen LogP contribution in [0.2, 0.25) is 5.02 Å². The van der Waals surface area contributed by atoms with Gasteiger partial charge in [0.05, 0.1) is 10.6 Å². The molecule has 0 aliphatic heterocycles. The molecule has 18 heavy (non-hydrogen) atoms. The van der Waals surface area contributed by atoms with Gasteiger partial charge in [-0.05, 0) is 30.5 Å². The summed E-state index contributed by atoms with van der Waals surface area (Å²) in [5, 5.41) is 9.32. The lowest BCUT2D eigenvalue weighted by Gasteiger charge is -2.23. The van der Waals surface area contributed by atoms with E-state index in [-0.39, 0.29) is 6.04 Å². The Hall–Kier alpha value is -1.24. The Morgan fingerprint density at radius 2 is 2.11 bits per heavy atom. The monoisotopic (exact) mass is 265 g/mol. The summed E-state index contributed by atoms with van der Waals surface area (Å²) < 4.78 is 0. The fourth-order valence-electron chi connectivity index (χ4n) is 1.64. The van der Waals surface area contributed by atoms with Crippen molar-refractivity contribution < 1.29 is 0 Å². The van der Waals surface area contributed by atoms with Crippen LogP contribution in [0, 0.1) is 17.2 Å². The second-order valence-corrected chi connectivity index (χ2v) is 5.30. The van der Waals surface area contributed by atoms with Crippen LogP contribution in [0.15, 0.2) is 18.2 Å². The maximum atomic E-state index is 8.82. The standard InChI is InChI=1S/C14H20ClN3/c1-10(2)14(17)6-7-18(3)12-5-4-11(9-16)13(15)8-12/h4-5,8,10,14H,6-7,17H2,1-3H3. The van der Waals surface area contributed by atoms with Crippen molar-refractivity contribution in [1.29, 1.82) is 5.26 Å². The maximum Gasteiger partial charge on any atom is 0.101 e. The number of nitrogens with zero attached hydrogens (tertiary/aromatic N) is 2. The number of nitriles is 1. The second-order valence-electron chi connectivity index (χ2n) is 4.89. The number of nitrogens with two attached hydrogens (primary N) is 1. The number of hydrogen-bond donors (Lipinski definition) is 1. The molecule has 3 nitrogen and oxygen atoms in total. The number of hydrogen-bond acceptors (Lipinski definition) is 3. The molecule has 0 amide bonds. The zero-order chi connectivity index (χ0) is 13.7. The first-order chi connectivity index (χ1) is 8.45. The molecule has 0 radical (unpaired) electrons. The molecular weight excluding hydrogens is 246 g/mol. The molecule has 0 aliphatic carbocycles. The Labute approximate surface area is 114 Å². The zero-order valence-corrected chi connectivity index (χ0v) is 11.9. The minimum Gasteiger partial charge on any atom is -0.374 e. The molecule has 1 aromatic carbocycles. The van der Waals surface area contributed by atoms with E-state index < -0.39 is 0 Å². The molecule has 0 saturated carbocycles. The smallest absolute Gasteiger partial charge is 0.101 e. The Balaban J connectivity index is 2.65. The van der Waals surface area contributed by atoms with E-state index >= 15 is 0 Å². The van der Waals surface area contributed by atoms with Crippen LogP contribution < -0.4 is 10.6 Å². The minimum atomic E-state index is 0.210. The van der Waals surface area contributed by atoms with Crippen LogP contribution in [0.25, 0.3) is 0 Å². The third-order valence-electron chi connectivity index (χ3n) is 3.17. The molecule has 0 aromatic heterocycles. The molecule has 98 valence electrons. The van der Waals surface area contributed by atoms with Gasteiger partial charge in [0.25, 0.3) is 0 Å². The first-order valence-electron chi connectivity index (χ1n) is 6.12. The van der Waals surface area contributed by atoms with Crippen LogP contribution in [0.1, 0.15) is 25.8 Å². The van der Waals surface area contributed by atoms with Gasteiger partial charge < -0.3 is 10.6 Å². The molecule has 4 heteroatoms. The lowest BCUT2D eigenvalue weighted by Crippen LogP contribution is -2.31. The van der Waals surface area contributed by atoms with Gasteiger partial charge in [-0.1, -0.05) is 25.4 Å². The van der Waals surface area contributed by atoms with E-state index in [2.05, 4.69) is 24.8 Å². The van der Waals surface area contributed by atoms with Crippen LogP contribution in [0.3, 0.4) is 0 Å². The van der Waals surface area contributed by atoms with E-state index in [1.165, 1.54) is 0 Å². The van der Waals surface area contributed by atoms with Gasteiger partial charge in [-0.3, -0.25) is 0 Å². The second kappa shape index (κ2) is 6.63. The molecule has 0 bridgehead atoms. The van der Waals surface area contributed by atoms with E-state index in [4.69, 9.17) is 22.6 Å². The average molecular weight is 266 g/mol. The Morgan fingerprint density at radius 3 is 2.61 bits per heavy atom. The van der Waals surface area contributed by atoms with Crippen LogP contribution in [0.5, 0.6) is 0 Å². The quantitative estimate of drug-likeness (QED) is 0.890. The molecule has 2 N–H and O–H groups in total. The van der Waals surface area contributed by atoms with Crippen LogP contribution in [0.4, 0.5) is 5.69 Å². The first kappa shape index (κ1) is 14.8. The van der Waals surface area contributed by atoms with Crippen molar-refractivity contribution in [2.24, 2.45) is 11.7 Å². The van der Waals surface area contributed by atoms with E-state index in [0.717, 1.165) is 18.7 Å². The molecular formula is C14H20ClN3. The van der Waals surface area contributed by atoms with Gasteiger partial charge in [-0.25, -0.2) is 0 Å². The summed E-state index contributed by atoms with van der Waals surface area (Å²) in [4.78, 5) is 2.11. The summed E-state index contributed by atoms with van der Waals surface area (Å²) in [6.07, 6.45) is 0.936. The van der Waals surface area contributed by atoms with Crippen molar-refractivity contribution in [3.63, 3.8) is 0 Å². The number of anilines is 1. The molecule has 0 spiro atoms. The van der Waals surface area contributed by atoms with Crippen LogP contribution in [-0.4, -0.2) is 19.6 Å². The molecule has 1 rings (SSSR count). The summed E-state index contributed by atoms with van der Waals surface area (Å²) in [7, 11) is 2.00. The molecule has 1 aromatic rings. The average Bonchev–Trinajstić information content (AvgIpc) is 2.35. The third-order valence-corrected chi connectivity index (χ3v) is 3.48. The molecule has 0 saturated heterocycles. The largest absolute Gasteiger partial charge is 0.374 e. The number of benzene rings is 1. The predicted molar refractivity (Wildman–Crippen MR) is 76.9 cm³/mol. The predicted octanol–water partition coefficient (Wildman–Crippen LogP) is 3.02. The van der Waals surface area contributed by atoms with Gasteiger partial charge in [0.2, 0.25) is 0 Å². The Kier molecular flexibility index (Phi) is 5.46. The topological polar surface area (TPSA) is 53.0 Å². The van der Waals surface area contributed by atoms with E-state index in [1.54, 1.807) is 6.07 Å². The fourth-order valence-corrected chi connectivity index (χ4v) is 1.85. The summed E-state index contributed by atoms with van der Waals surface area (Å²) in [5.74, 6) is 0.489. The highest BCUT2D eigenvalue weighted by molar-refractivity contribution is 6.32. The summed E-state index contributed by atoms with van der Waals surface area (Å²) in [6.45, 7) is 5.13. The van der Waals surface area contributed by atoms with Crippen molar-refractivity contribution >= 4 is 17.3 Å². The van der Waals surface area contributed by atoms with Crippen molar-refractivity contribution in [3.05, 3.63) is 28.8 Å². The molecule has 1 unspecified atom stereocenters. The van der Waals surface area contributed by atoms with Gasteiger partial charge >= 0.3 is 0 Å². The van der Waals surface area contributed by atoms with Crippen LogP contribution >= 0.6 is 11.6 Å². The lowest BCUT2D eigenvalue weighted by atomic mass is 10.0. The normalized spacial score (nSPS) is 12.3. The first-order valence-corrected chi connectivity index (χ1v) is 6.50. The van der Waals surface area contributed by atoms with E-state index in [0.29, 0.717) is 16.5 Å². The Bertz CT molecular complexity index is 437. The summed E-state index contributed by atoms with van der Waals surface area (Å²) in [6, 6.07) is 7.74. The lowest BCUT2D eigenvalue weighted by molar-refractivity contribution is 0.466. The zero-order valence-electron chi connectivity index (χ0n) is 11.2. The van der Waals surface area contributed by atoms with Crippen LogP contribution in [-0.2, 0) is 0 Å². The van der Waals surface area contributed by atoms with Gasteiger partial charge in [-0.15, -0.1) is 0 Å². The minimum absolute atomic E-state index is 0.210. The SMILES string of the molecule is CC(C)C(N)CCN(C)c1ccc(C#N)c(Cl)c1. The molecule has 1 atom stereocenters. The van der Waals surface area contributed by atoms with E-state index in [1.807, 2.05) is 19.2 Å². The number of rotatable bonds is 5. The van der Waals surface area contributed by atoms with Gasteiger partial charge in [0.1, 0.15) is 6.07 Å². The highest BCUT2D eigenvalue weighted by atomic mass is 35.5. The fraction of sp³-hybridized carbons (Fsp3) is 0.500. The number of halogens is 1. The van der Waals surface area contributed by atoms with Gasteiger partial charge in [0, 0.05) is 25.3 Å². The third kappa shape index (κ3) is 3.90. The molecule has 0 heterocycles. The highest BCUT2D eigenvalue weighted by Crippen LogP contribution is 2.22. The van der Waals surface area contributed by atoms with Crippen molar-refractivity contribution in [3.8, 4) is 6.07 Å². The van der Waals surface area contributed by atoms with Crippen molar-refractivity contribution in [1.82, 2.24) is 0 Å². The summed E-state index contributed by atoms with van der Waals surface area (Å²) >= 11 is 6.01. The van der Waals surface area contributed by atoms with E-state index in [9.17, 15) is 0 Å². The van der Waals surface area contributed by atoms with Gasteiger partial charge in [-0.2, -0.15) is 5.26 Å².